The van der Waals surface area contributed by atoms with Gasteiger partial charge in [-0.2, -0.15) is 0 Å². The SMILES string of the molecule is O=C(Cc1csc2ccccc12)C1C2C3CCC(C3)C12. The van der Waals surface area contributed by atoms with Crippen molar-refractivity contribution in [2.24, 2.45) is 29.6 Å². The summed E-state index contributed by atoms with van der Waals surface area (Å²) in [6.45, 7) is 0. The monoisotopic (exact) mass is 282 g/mol. The summed E-state index contributed by atoms with van der Waals surface area (Å²) in [5.41, 5.74) is 1.26. The lowest BCUT2D eigenvalue weighted by Crippen LogP contribution is -2.12. The van der Waals surface area contributed by atoms with E-state index in [4.69, 9.17) is 0 Å². The topological polar surface area (TPSA) is 17.1 Å². The van der Waals surface area contributed by atoms with Gasteiger partial charge in [-0.3, -0.25) is 4.79 Å². The Balaban J connectivity index is 1.39. The van der Waals surface area contributed by atoms with E-state index in [1.54, 1.807) is 11.3 Å². The van der Waals surface area contributed by atoms with Gasteiger partial charge in [0.15, 0.2) is 0 Å². The average Bonchev–Trinajstić information content (AvgIpc) is 2.78. The Morgan fingerprint density at radius 1 is 1.15 bits per heavy atom. The minimum absolute atomic E-state index is 0.430. The molecule has 2 aromatic rings. The Morgan fingerprint density at radius 2 is 1.90 bits per heavy atom. The molecule has 1 aromatic carbocycles. The van der Waals surface area contributed by atoms with Gasteiger partial charge in [-0.25, -0.2) is 0 Å². The molecule has 0 aliphatic heterocycles. The third-order valence-corrected chi connectivity index (χ3v) is 7.05. The van der Waals surface area contributed by atoms with Crippen LogP contribution in [-0.2, 0) is 11.2 Å². The van der Waals surface area contributed by atoms with Crippen molar-refractivity contribution in [3.8, 4) is 0 Å². The molecular formula is C18H18OS. The Hall–Kier alpha value is -1.15. The van der Waals surface area contributed by atoms with Gasteiger partial charge < -0.3 is 0 Å². The standard InChI is InChI=1S/C18H18OS/c19-14(18-16-10-5-6-11(7-10)17(16)18)8-12-9-20-15-4-2-1-3-13(12)15/h1-4,9-11,16-18H,5-8H2. The molecule has 0 amide bonds. The molecule has 102 valence electrons. The molecule has 0 N–H and O–H groups in total. The maximum absolute atomic E-state index is 12.7. The van der Waals surface area contributed by atoms with Crippen molar-refractivity contribution in [2.75, 3.05) is 0 Å². The molecule has 0 saturated heterocycles. The van der Waals surface area contributed by atoms with Gasteiger partial charge in [-0.1, -0.05) is 18.2 Å². The van der Waals surface area contributed by atoms with Crippen LogP contribution in [0.15, 0.2) is 29.6 Å². The summed E-state index contributed by atoms with van der Waals surface area (Å²) < 4.78 is 1.31. The van der Waals surface area contributed by atoms with E-state index < -0.39 is 0 Å². The van der Waals surface area contributed by atoms with Crippen LogP contribution in [0.25, 0.3) is 10.1 Å². The summed E-state index contributed by atoms with van der Waals surface area (Å²) in [5, 5.41) is 3.48. The van der Waals surface area contributed by atoms with Crippen LogP contribution in [0.4, 0.5) is 0 Å². The Kier molecular flexibility index (Phi) is 2.27. The molecule has 3 fully saturated rings. The van der Waals surface area contributed by atoms with Crippen molar-refractivity contribution >= 4 is 27.2 Å². The highest BCUT2D eigenvalue weighted by Crippen LogP contribution is 2.69. The number of benzene rings is 1. The highest BCUT2D eigenvalue weighted by atomic mass is 32.1. The number of fused-ring (bicyclic) bond motifs is 6. The zero-order valence-corrected chi connectivity index (χ0v) is 12.2. The van der Waals surface area contributed by atoms with E-state index >= 15 is 0 Å². The summed E-state index contributed by atoms with van der Waals surface area (Å²) in [6.07, 6.45) is 4.90. The van der Waals surface area contributed by atoms with Crippen molar-refractivity contribution in [2.45, 2.75) is 25.7 Å². The minimum atomic E-state index is 0.430. The van der Waals surface area contributed by atoms with Crippen molar-refractivity contribution in [3.05, 3.63) is 35.2 Å². The molecule has 2 bridgehead atoms. The van der Waals surface area contributed by atoms with Gasteiger partial charge in [-0.05, 0) is 65.3 Å². The molecule has 3 saturated carbocycles. The lowest BCUT2D eigenvalue weighted by atomic mass is 9.96. The molecule has 1 heterocycles. The first-order valence-corrected chi connectivity index (χ1v) is 8.69. The molecule has 0 spiro atoms. The first kappa shape index (κ1) is 11.5. The van der Waals surface area contributed by atoms with Gasteiger partial charge in [-0.15, -0.1) is 11.3 Å². The molecule has 20 heavy (non-hydrogen) atoms. The molecule has 5 rings (SSSR count). The number of hydrogen-bond acceptors (Lipinski definition) is 2. The van der Waals surface area contributed by atoms with Gasteiger partial charge >= 0.3 is 0 Å². The number of rotatable bonds is 3. The number of carbonyl (C=O) groups excluding carboxylic acids is 1. The normalized spacial score (nSPS) is 37.3. The maximum atomic E-state index is 12.7. The van der Waals surface area contributed by atoms with Crippen LogP contribution >= 0.6 is 11.3 Å². The van der Waals surface area contributed by atoms with Crippen LogP contribution < -0.4 is 0 Å². The zero-order chi connectivity index (χ0) is 13.3. The highest BCUT2D eigenvalue weighted by Gasteiger charge is 2.66. The van der Waals surface area contributed by atoms with Crippen molar-refractivity contribution < 1.29 is 4.79 Å². The highest BCUT2D eigenvalue weighted by molar-refractivity contribution is 7.17. The first-order chi connectivity index (χ1) is 9.83. The fraction of sp³-hybridized carbons (Fsp3) is 0.500. The summed E-state index contributed by atoms with van der Waals surface area (Å²) >= 11 is 1.77. The van der Waals surface area contributed by atoms with Crippen LogP contribution in [-0.4, -0.2) is 5.78 Å². The molecule has 3 aliphatic rings. The molecule has 1 nitrogen and oxygen atoms in total. The summed E-state index contributed by atoms with van der Waals surface area (Å²) in [5.74, 6) is 4.33. The summed E-state index contributed by atoms with van der Waals surface area (Å²) in [7, 11) is 0. The quantitative estimate of drug-likeness (QED) is 0.820. The molecule has 0 radical (unpaired) electrons. The van der Waals surface area contributed by atoms with E-state index in [2.05, 4.69) is 29.6 Å². The second-order valence-electron chi connectivity index (χ2n) is 6.91. The molecule has 2 heteroatoms. The third-order valence-electron chi connectivity index (χ3n) is 6.03. The first-order valence-electron chi connectivity index (χ1n) is 7.81. The van der Waals surface area contributed by atoms with Crippen LogP contribution in [0.1, 0.15) is 24.8 Å². The van der Waals surface area contributed by atoms with Gasteiger partial charge in [0.25, 0.3) is 0 Å². The van der Waals surface area contributed by atoms with Gasteiger partial charge in [0.2, 0.25) is 0 Å². The molecule has 4 atom stereocenters. The van der Waals surface area contributed by atoms with Gasteiger partial charge in [0.05, 0.1) is 0 Å². The average molecular weight is 282 g/mol. The molecule has 1 aromatic heterocycles. The fourth-order valence-corrected chi connectivity index (χ4v) is 6.19. The zero-order valence-electron chi connectivity index (χ0n) is 11.4. The second kappa shape index (κ2) is 3.94. The van der Waals surface area contributed by atoms with Crippen molar-refractivity contribution in [1.29, 1.82) is 0 Å². The number of carbonyl (C=O) groups is 1. The van der Waals surface area contributed by atoms with E-state index in [1.807, 2.05) is 0 Å². The second-order valence-corrected chi connectivity index (χ2v) is 7.83. The van der Waals surface area contributed by atoms with E-state index in [9.17, 15) is 4.79 Å². The lowest BCUT2D eigenvalue weighted by Gasteiger charge is -2.07. The Morgan fingerprint density at radius 3 is 2.70 bits per heavy atom. The smallest absolute Gasteiger partial charge is 0.140 e. The Labute approximate surface area is 123 Å². The predicted molar refractivity (Wildman–Crippen MR) is 81.8 cm³/mol. The van der Waals surface area contributed by atoms with E-state index in [1.165, 1.54) is 34.9 Å². The molecule has 4 unspecified atom stereocenters. The van der Waals surface area contributed by atoms with Gasteiger partial charge in [0.1, 0.15) is 5.78 Å². The maximum Gasteiger partial charge on any atom is 0.140 e. The number of thiophene rings is 1. The van der Waals surface area contributed by atoms with E-state index in [0.29, 0.717) is 18.1 Å². The molecular weight excluding hydrogens is 264 g/mol. The van der Waals surface area contributed by atoms with Crippen molar-refractivity contribution in [1.82, 2.24) is 0 Å². The van der Waals surface area contributed by atoms with Crippen LogP contribution in [0.2, 0.25) is 0 Å². The van der Waals surface area contributed by atoms with Gasteiger partial charge in [0, 0.05) is 17.0 Å². The number of hydrogen-bond donors (Lipinski definition) is 0. The van der Waals surface area contributed by atoms with Crippen molar-refractivity contribution in [3.63, 3.8) is 0 Å². The Bertz CT molecular complexity index is 684. The van der Waals surface area contributed by atoms with Crippen LogP contribution in [0.5, 0.6) is 0 Å². The fourth-order valence-electron chi connectivity index (χ4n) is 5.23. The van der Waals surface area contributed by atoms with Crippen LogP contribution in [0, 0.1) is 29.6 Å². The minimum Gasteiger partial charge on any atom is -0.299 e. The van der Waals surface area contributed by atoms with E-state index in [-0.39, 0.29) is 0 Å². The molecule has 3 aliphatic carbocycles. The van der Waals surface area contributed by atoms with Crippen LogP contribution in [0.3, 0.4) is 0 Å². The summed E-state index contributed by atoms with van der Waals surface area (Å²) in [6, 6.07) is 8.47. The predicted octanol–water partition coefficient (Wildman–Crippen LogP) is 4.31. The number of ketones is 1. The third kappa shape index (κ3) is 1.46. The lowest BCUT2D eigenvalue weighted by molar-refractivity contribution is -0.120. The number of Topliss-reactive ketones (excluding diaryl/α,β-unsaturated/α-hetero) is 1. The van der Waals surface area contributed by atoms with E-state index in [0.717, 1.165) is 23.7 Å². The summed E-state index contributed by atoms with van der Waals surface area (Å²) in [4.78, 5) is 12.7. The largest absolute Gasteiger partial charge is 0.299 e.